The van der Waals surface area contributed by atoms with Gasteiger partial charge in [0.15, 0.2) is 6.61 Å². The maximum atomic E-state index is 12.4. The number of ether oxygens (including phenoxy) is 1. The van der Waals surface area contributed by atoms with Gasteiger partial charge in [-0.15, -0.1) is 0 Å². The second kappa shape index (κ2) is 10.3. The third-order valence-corrected chi connectivity index (χ3v) is 4.67. The lowest BCUT2D eigenvalue weighted by molar-refractivity contribution is -0.124. The number of furan rings is 1. The van der Waals surface area contributed by atoms with Gasteiger partial charge in [-0.25, -0.2) is 4.79 Å². The number of rotatable bonds is 9. The van der Waals surface area contributed by atoms with E-state index in [9.17, 15) is 9.59 Å². The average Bonchev–Trinajstić information content (AvgIpc) is 3.25. The van der Waals surface area contributed by atoms with E-state index in [2.05, 4.69) is 16.7 Å². The number of esters is 1. The second-order valence-electron chi connectivity index (χ2n) is 6.76. The van der Waals surface area contributed by atoms with Crippen molar-refractivity contribution in [3.63, 3.8) is 0 Å². The molecule has 0 radical (unpaired) electrons. The predicted molar refractivity (Wildman–Crippen MR) is 107 cm³/mol. The molecular weight excluding hydrogens is 356 g/mol. The van der Waals surface area contributed by atoms with Gasteiger partial charge in [0.05, 0.1) is 18.4 Å². The summed E-state index contributed by atoms with van der Waals surface area (Å²) in [5, 5.41) is 5.96. The van der Waals surface area contributed by atoms with Crippen LogP contribution in [0.15, 0.2) is 58.7 Å². The number of benzene rings is 1. The minimum Gasteiger partial charge on any atom is -0.467 e. The molecule has 0 saturated heterocycles. The zero-order valence-electron chi connectivity index (χ0n) is 15.9. The molecule has 1 aliphatic rings. The zero-order valence-corrected chi connectivity index (χ0v) is 15.9. The molecule has 1 heterocycles. The predicted octanol–water partition coefficient (Wildman–Crippen LogP) is 4.06. The van der Waals surface area contributed by atoms with Gasteiger partial charge in [-0.1, -0.05) is 23.8 Å². The van der Waals surface area contributed by atoms with Gasteiger partial charge in [0.1, 0.15) is 5.76 Å². The molecule has 2 N–H and O–H groups in total. The maximum absolute atomic E-state index is 12.4. The summed E-state index contributed by atoms with van der Waals surface area (Å²) in [5.41, 5.74) is 2.42. The Morgan fingerprint density at radius 1 is 1.11 bits per heavy atom. The van der Waals surface area contributed by atoms with Crippen LogP contribution >= 0.6 is 0 Å². The molecule has 28 heavy (non-hydrogen) atoms. The Morgan fingerprint density at radius 2 is 2.00 bits per heavy atom. The maximum Gasteiger partial charge on any atom is 0.340 e. The number of carbonyl (C=O) groups excluding carboxylic acids is 2. The summed E-state index contributed by atoms with van der Waals surface area (Å²) in [6.45, 7) is 0.738. The lowest BCUT2D eigenvalue weighted by Gasteiger charge is -2.13. The van der Waals surface area contributed by atoms with Crippen LogP contribution in [0.5, 0.6) is 0 Å². The van der Waals surface area contributed by atoms with Crippen LogP contribution in [0.2, 0.25) is 0 Å². The third kappa shape index (κ3) is 6.01. The largest absolute Gasteiger partial charge is 0.467 e. The molecule has 1 amide bonds. The van der Waals surface area contributed by atoms with E-state index in [0.29, 0.717) is 24.3 Å². The highest BCUT2D eigenvalue weighted by Gasteiger charge is 2.14. The summed E-state index contributed by atoms with van der Waals surface area (Å²) < 4.78 is 10.5. The van der Waals surface area contributed by atoms with E-state index in [1.54, 1.807) is 30.5 Å². The van der Waals surface area contributed by atoms with Crippen molar-refractivity contribution in [1.82, 2.24) is 5.32 Å². The van der Waals surface area contributed by atoms with Crippen LogP contribution in [0.1, 0.15) is 48.2 Å². The van der Waals surface area contributed by atoms with Crippen LogP contribution in [0.25, 0.3) is 0 Å². The molecule has 2 aromatic rings. The molecule has 1 aliphatic carbocycles. The number of carbonyl (C=O) groups is 2. The van der Waals surface area contributed by atoms with E-state index in [1.165, 1.54) is 18.4 Å². The van der Waals surface area contributed by atoms with Gasteiger partial charge in [0.25, 0.3) is 5.91 Å². The number of para-hydroxylation sites is 1. The van der Waals surface area contributed by atoms with Crippen molar-refractivity contribution >= 4 is 17.6 Å². The van der Waals surface area contributed by atoms with E-state index in [4.69, 9.17) is 9.15 Å². The Bertz CT molecular complexity index is 812. The normalized spacial score (nSPS) is 13.5. The van der Waals surface area contributed by atoms with E-state index in [1.807, 2.05) is 12.1 Å². The number of nitrogens with one attached hydrogen (secondary N) is 2. The highest BCUT2D eigenvalue weighted by molar-refractivity contribution is 5.96. The molecule has 0 fully saturated rings. The summed E-state index contributed by atoms with van der Waals surface area (Å²) in [6.07, 6.45) is 9.46. The smallest absolute Gasteiger partial charge is 0.340 e. The van der Waals surface area contributed by atoms with Gasteiger partial charge in [-0.3, -0.25) is 4.79 Å². The molecule has 0 unspecified atom stereocenters. The molecule has 3 rings (SSSR count). The molecule has 148 valence electrons. The standard InChI is InChI=1S/C22H26N2O4/c25-21(23-13-12-17-7-2-1-3-8-17)16-28-22(26)19-10-4-5-11-20(19)24-15-18-9-6-14-27-18/h4-7,9-11,14,24H,1-3,8,12-13,15-16H2,(H,23,25). The minimum absolute atomic E-state index is 0.286. The quantitative estimate of drug-likeness (QED) is 0.505. The van der Waals surface area contributed by atoms with Crippen molar-refractivity contribution < 1.29 is 18.7 Å². The lowest BCUT2D eigenvalue weighted by atomic mass is 9.97. The summed E-state index contributed by atoms with van der Waals surface area (Å²) in [5.74, 6) is -0.0610. The fourth-order valence-electron chi connectivity index (χ4n) is 3.16. The van der Waals surface area contributed by atoms with Gasteiger partial charge in [-0.2, -0.15) is 0 Å². The molecule has 0 bridgehead atoms. The third-order valence-electron chi connectivity index (χ3n) is 4.67. The Hall–Kier alpha value is -3.02. The van der Waals surface area contributed by atoms with Gasteiger partial charge in [-0.05, 0) is 56.4 Å². The molecular formula is C22H26N2O4. The van der Waals surface area contributed by atoms with Gasteiger partial charge < -0.3 is 19.8 Å². The van der Waals surface area contributed by atoms with Gasteiger partial charge in [0, 0.05) is 12.2 Å². The summed E-state index contributed by atoms with van der Waals surface area (Å²) in [7, 11) is 0. The van der Waals surface area contributed by atoms with Crippen molar-refractivity contribution in [2.45, 2.75) is 38.6 Å². The average molecular weight is 382 g/mol. The van der Waals surface area contributed by atoms with Crippen molar-refractivity contribution in [3.05, 3.63) is 65.6 Å². The van der Waals surface area contributed by atoms with E-state index in [0.717, 1.165) is 25.0 Å². The van der Waals surface area contributed by atoms with Crippen molar-refractivity contribution in [3.8, 4) is 0 Å². The van der Waals surface area contributed by atoms with E-state index < -0.39 is 5.97 Å². The number of amides is 1. The van der Waals surface area contributed by atoms with Gasteiger partial charge in [0.2, 0.25) is 0 Å². The molecule has 0 aliphatic heterocycles. The Balaban J connectivity index is 1.43. The number of hydrogen-bond donors (Lipinski definition) is 2. The molecule has 0 atom stereocenters. The van der Waals surface area contributed by atoms with Crippen LogP contribution in [0, 0.1) is 0 Å². The van der Waals surface area contributed by atoms with Crippen LogP contribution in [-0.4, -0.2) is 25.0 Å². The van der Waals surface area contributed by atoms with Crippen molar-refractivity contribution in [1.29, 1.82) is 0 Å². The first kappa shape index (κ1) is 19.7. The fraction of sp³-hybridized carbons (Fsp3) is 0.364. The van der Waals surface area contributed by atoms with Crippen LogP contribution in [0.3, 0.4) is 0 Å². The topological polar surface area (TPSA) is 80.6 Å². The number of allylic oxidation sites excluding steroid dienone is 1. The number of hydrogen-bond acceptors (Lipinski definition) is 5. The van der Waals surface area contributed by atoms with E-state index >= 15 is 0 Å². The zero-order chi connectivity index (χ0) is 19.6. The first-order chi connectivity index (χ1) is 13.7. The summed E-state index contributed by atoms with van der Waals surface area (Å²) in [6, 6.07) is 10.7. The summed E-state index contributed by atoms with van der Waals surface area (Å²) >= 11 is 0. The van der Waals surface area contributed by atoms with Crippen molar-refractivity contribution in [2.75, 3.05) is 18.5 Å². The summed E-state index contributed by atoms with van der Waals surface area (Å²) in [4.78, 5) is 24.3. The van der Waals surface area contributed by atoms with Gasteiger partial charge >= 0.3 is 5.97 Å². The monoisotopic (exact) mass is 382 g/mol. The van der Waals surface area contributed by atoms with Crippen molar-refractivity contribution in [2.24, 2.45) is 0 Å². The lowest BCUT2D eigenvalue weighted by Crippen LogP contribution is -2.30. The molecule has 6 heteroatoms. The highest BCUT2D eigenvalue weighted by Crippen LogP contribution is 2.19. The van der Waals surface area contributed by atoms with Crippen LogP contribution in [-0.2, 0) is 16.1 Å². The Morgan fingerprint density at radius 3 is 2.79 bits per heavy atom. The molecule has 0 spiro atoms. The Labute approximate surface area is 165 Å². The minimum atomic E-state index is -0.535. The second-order valence-corrected chi connectivity index (χ2v) is 6.76. The molecule has 0 saturated carbocycles. The first-order valence-electron chi connectivity index (χ1n) is 9.69. The van der Waals surface area contributed by atoms with Crippen LogP contribution < -0.4 is 10.6 Å². The molecule has 1 aromatic heterocycles. The molecule has 6 nitrogen and oxygen atoms in total. The molecule has 1 aromatic carbocycles. The SMILES string of the molecule is O=C(COC(=O)c1ccccc1NCc1ccco1)NCCC1=CCCCC1. The fourth-order valence-corrected chi connectivity index (χ4v) is 3.16. The first-order valence-corrected chi connectivity index (χ1v) is 9.69. The Kier molecular flexibility index (Phi) is 7.29. The van der Waals surface area contributed by atoms with E-state index in [-0.39, 0.29) is 12.5 Å². The highest BCUT2D eigenvalue weighted by atomic mass is 16.5. The van der Waals surface area contributed by atoms with Crippen LogP contribution in [0.4, 0.5) is 5.69 Å². The number of anilines is 1.